The van der Waals surface area contributed by atoms with Gasteiger partial charge in [0.1, 0.15) is 5.69 Å². The van der Waals surface area contributed by atoms with Crippen molar-refractivity contribution in [3.8, 4) is 22.9 Å². The van der Waals surface area contributed by atoms with E-state index in [-0.39, 0.29) is 0 Å². The number of rotatable bonds is 5. The molecule has 5 heteroatoms. The number of nitrogens with zero attached hydrogens (tertiary/aromatic N) is 4. The summed E-state index contributed by atoms with van der Waals surface area (Å²) in [4.78, 5) is 4.92. The van der Waals surface area contributed by atoms with Gasteiger partial charge < -0.3 is 0 Å². The maximum atomic E-state index is 4.92. The molecule has 0 unspecified atom stereocenters. The molecule has 0 amide bonds. The van der Waals surface area contributed by atoms with Gasteiger partial charge in [0, 0.05) is 29.3 Å². The van der Waals surface area contributed by atoms with E-state index in [9.17, 15) is 0 Å². The number of aromatic amines is 1. The van der Waals surface area contributed by atoms with Crippen LogP contribution >= 0.6 is 0 Å². The van der Waals surface area contributed by atoms with E-state index < -0.39 is 0 Å². The smallest absolute Gasteiger partial charge is 0.181 e. The van der Waals surface area contributed by atoms with Gasteiger partial charge in [-0.25, -0.2) is 9.67 Å². The Balaban J connectivity index is 1.57. The van der Waals surface area contributed by atoms with Crippen LogP contribution in [0.1, 0.15) is 49.9 Å². The zero-order valence-corrected chi connectivity index (χ0v) is 15.7. The zero-order chi connectivity index (χ0) is 17.8. The molecule has 5 rings (SSSR count). The van der Waals surface area contributed by atoms with Crippen LogP contribution in [-0.2, 0) is 19.4 Å². The summed E-state index contributed by atoms with van der Waals surface area (Å²) in [6, 6.07) is 8.58. The minimum atomic E-state index is 0.506. The summed E-state index contributed by atoms with van der Waals surface area (Å²) in [5.74, 6) is 3.76. The number of aryl methyl sites for hydroxylation is 1. The second kappa shape index (κ2) is 5.79. The van der Waals surface area contributed by atoms with Crippen molar-refractivity contribution < 1.29 is 0 Å². The Labute approximate surface area is 153 Å². The van der Waals surface area contributed by atoms with E-state index in [1.807, 2.05) is 4.68 Å². The molecule has 1 fully saturated rings. The van der Waals surface area contributed by atoms with Gasteiger partial charge in [-0.1, -0.05) is 45.0 Å². The average Bonchev–Trinajstić information content (AvgIpc) is 2.95. The van der Waals surface area contributed by atoms with Crippen LogP contribution in [0.4, 0.5) is 0 Å². The molecule has 0 aliphatic heterocycles. The van der Waals surface area contributed by atoms with Crippen molar-refractivity contribution in [2.75, 3.05) is 0 Å². The monoisotopic (exact) mass is 347 g/mol. The normalized spacial score (nSPS) is 20.5. The molecular weight excluding hydrogens is 322 g/mol. The SMILES string of the molecule is CCc1ccc(-c2nc(-c3n[nH]c4c3C[C@H]3C[C@@H]43)n(CC(C)C)n2)cc1. The third-order valence-corrected chi connectivity index (χ3v) is 5.70. The van der Waals surface area contributed by atoms with Gasteiger partial charge >= 0.3 is 0 Å². The van der Waals surface area contributed by atoms with Crippen LogP contribution in [0, 0.1) is 11.8 Å². The van der Waals surface area contributed by atoms with E-state index in [1.165, 1.54) is 23.2 Å². The van der Waals surface area contributed by atoms with Gasteiger partial charge in [0.05, 0.1) is 0 Å². The standard InChI is InChI=1S/C21H25N5/c1-4-13-5-7-14(8-6-13)20-22-21(26(25-20)11-12(2)3)19-17-10-15-9-16(15)18(17)23-24-19/h5-8,12,15-16H,4,9-11H2,1-3H3,(H,23,24)/t15-,16-/m1/s1. The molecule has 3 aromatic rings. The fraction of sp³-hybridized carbons (Fsp3) is 0.476. The van der Waals surface area contributed by atoms with E-state index in [0.717, 1.165) is 48.2 Å². The van der Waals surface area contributed by atoms with Crippen molar-refractivity contribution in [3.63, 3.8) is 0 Å². The minimum Gasteiger partial charge on any atom is -0.281 e. The van der Waals surface area contributed by atoms with Gasteiger partial charge in [0.15, 0.2) is 11.6 Å². The molecule has 0 radical (unpaired) electrons. The summed E-state index contributed by atoms with van der Waals surface area (Å²) in [5, 5.41) is 12.8. The highest BCUT2D eigenvalue weighted by molar-refractivity contribution is 5.64. The summed E-state index contributed by atoms with van der Waals surface area (Å²) in [6.07, 6.45) is 3.51. The van der Waals surface area contributed by atoms with Crippen LogP contribution in [0.3, 0.4) is 0 Å². The number of aromatic nitrogens is 5. The average molecular weight is 347 g/mol. The van der Waals surface area contributed by atoms with Gasteiger partial charge in [-0.2, -0.15) is 10.2 Å². The van der Waals surface area contributed by atoms with Gasteiger partial charge in [-0.05, 0) is 36.7 Å². The molecule has 1 aromatic carbocycles. The first-order valence-electron chi connectivity index (χ1n) is 9.75. The first-order valence-corrected chi connectivity index (χ1v) is 9.75. The fourth-order valence-corrected chi connectivity index (χ4v) is 4.17. The molecule has 1 N–H and O–H groups in total. The zero-order valence-electron chi connectivity index (χ0n) is 15.7. The minimum absolute atomic E-state index is 0.506. The third-order valence-electron chi connectivity index (χ3n) is 5.70. The van der Waals surface area contributed by atoms with Crippen molar-refractivity contribution in [2.24, 2.45) is 11.8 Å². The number of nitrogens with one attached hydrogen (secondary N) is 1. The lowest BCUT2D eigenvalue weighted by molar-refractivity contribution is 0.486. The largest absolute Gasteiger partial charge is 0.281 e. The Morgan fingerprint density at radius 3 is 2.77 bits per heavy atom. The third kappa shape index (κ3) is 2.49. The lowest BCUT2D eigenvalue weighted by Gasteiger charge is -2.07. The highest BCUT2D eigenvalue weighted by Gasteiger charge is 2.48. The van der Waals surface area contributed by atoms with E-state index in [0.29, 0.717) is 11.8 Å². The fourth-order valence-electron chi connectivity index (χ4n) is 4.17. The summed E-state index contributed by atoms with van der Waals surface area (Å²) in [7, 11) is 0. The van der Waals surface area contributed by atoms with Crippen molar-refractivity contribution in [1.29, 1.82) is 0 Å². The molecule has 2 atom stereocenters. The number of benzene rings is 1. The summed E-state index contributed by atoms with van der Waals surface area (Å²) in [6.45, 7) is 7.45. The lowest BCUT2D eigenvalue weighted by Crippen LogP contribution is -2.09. The van der Waals surface area contributed by atoms with E-state index >= 15 is 0 Å². The van der Waals surface area contributed by atoms with Gasteiger partial charge in [0.2, 0.25) is 0 Å². The first kappa shape index (κ1) is 15.8. The predicted octanol–water partition coefficient (Wildman–Crippen LogP) is 4.21. The molecule has 5 nitrogen and oxygen atoms in total. The molecule has 2 aliphatic rings. The van der Waals surface area contributed by atoms with Crippen LogP contribution in [0.25, 0.3) is 22.9 Å². The van der Waals surface area contributed by atoms with Gasteiger partial charge in [-0.3, -0.25) is 5.10 Å². The summed E-state index contributed by atoms with van der Waals surface area (Å²) >= 11 is 0. The molecule has 0 saturated heterocycles. The van der Waals surface area contributed by atoms with Crippen molar-refractivity contribution >= 4 is 0 Å². The lowest BCUT2D eigenvalue weighted by atomic mass is 10.1. The van der Waals surface area contributed by atoms with Crippen molar-refractivity contribution in [1.82, 2.24) is 25.0 Å². The Hall–Kier alpha value is -2.43. The quantitative estimate of drug-likeness (QED) is 0.752. The molecule has 134 valence electrons. The number of fused-ring (bicyclic) bond motifs is 3. The molecule has 0 bridgehead atoms. The highest BCUT2D eigenvalue weighted by atomic mass is 15.4. The van der Waals surface area contributed by atoms with Crippen LogP contribution < -0.4 is 0 Å². The number of H-pyrrole nitrogens is 1. The molecule has 1 saturated carbocycles. The predicted molar refractivity (Wildman–Crippen MR) is 102 cm³/mol. The molecular formula is C21H25N5. The Bertz CT molecular complexity index is 947. The topological polar surface area (TPSA) is 59.4 Å². The van der Waals surface area contributed by atoms with E-state index in [2.05, 4.69) is 55.2 Å². The molecule has 2 heterocycles. The molecule has 0 spiro atoms. The Morgan fingerprint density at radius 2 is 2.04 bits per heavy atom. The maximum absolute atomic E-state index is 4.92. The second-order valence-corrected chi connectivity index (χ2v) is 8.16. The van der Waals surface area contributed by atoms with Crippen LogP contribution in [-0.4, -0.2) is 25.0 Å². The first-order chi connectivity index (χ1) is 12.6. The maximum Gasteiger partial charge on any atom is 0.181 e. The summed E-state index contributed by atoms with van der Waals surface area (Å²) < 4.78 is 2.05. The van der Waals surface area contributed by atoms with E-state index in [1.54, 1.807) is 0 Å². The van der Waals surface area contributed by atoms with Crippen LogP contribution in [0.5, 0.6) is 0 Å². The Morgan fingerprint density at radius 1 is 1.23 bits per heavy atom. The highest BCUT2D eigenvalue weighted by Crippen LogP contribution is 2.56. The van der Waals surface area contributed by atoms with Gasteiger partial charge in [-0.15, -0.1) is 0 Å². The van der Waals surface area contributed by atoms with E-state index in [4.69, 9.17) is 10.1 Å². The van der Waals surface area contributed by atoms with Crippen LogP contribution in [0.2, 0.25) is 0 Å². The molecule has 26 heavy (non-hydrogen) atoms. The molecule has 2 aromatic heterocycles. The summed E-state index contributed by atoms with van der Waals surface area (Å²) in [5.41, 5.74) is 6.13. The van der Waals surface area contributed by atoms with Crippen molar-refractivity contribution in [3.05, 3.63) is 41.1 Å². The van der Waals surface area contributed by atoms with Crippen LogP contribution in [0.15, 0.2) is 24.3 Å². The number of hydrogen-bond acceptors (Lipinski definition) is 3. The second-order valence-electron chi connectivity index (χ2n) is 8.16. The number of hydrogen-bond donors (Lipinski definition) is 1. The Kier molecular flexibility index (Phi) is 3.52. The molecule has 2 aliphatic carbocycles. The van der Waals surface area contributed by atoms with Gasteiger partial charge in [0.25, 0.3) is 0 Å². The van der Waals surface area contributed by atoms with Crippen molar-refractivity contribution in [2.45, 2.75) is 52.5 Å².